The van der Waals surface area contributed by atoms with Gasteiger partial charge in [0.1, 0.15) is 10.4 Å². The number of aromatic nitrogens is 1. The van der Waals surface area contributed by atoms with Gasteiger partial charge in [-0.15, -0.1) is 0 Å². The van der Waals surface area contributed by atoms with Crippen molar-refractivity contribution >= 4 is 44.5 Å². The van der Waals surface area contributed by atoms with Crippen molar-refractivity contribution in [1.82, 2.24) is 4.98 Å². The molecule has 1 aromatic heterocycles. The quantitative estimate of drug-likeness (QED) is 0.323. The van der Waals surface area contributed by atoms with Crippen LogP contribution in [-0.2, 0) is 24.2 Å². The van der Waals surface area contributed by atoms with Gasteiger partial charge in [0.15, 0.2) is 15.5 Å². The van der Waals surface area contributed by atoms with E-state index in [4.69, 9.17) is 25.9 Å². The molecular formula is C18H19ClN2O6S2. The lowest BCUT2D eigenvalue weighted by Gasteiger charge is -2.11. The first kappa shape index (κ1) is 21.7. The van der Waals surface area contributed by atoms with Gasteiger partial charge >= 0.3 is 5.97 Å². The van der Waals surface area contributed by atoms with Crippen LogP contribution in [0.15, 0.2) is 40.5 Å². The predicted molar refractivity (Wildman–Crippen MR) is 108 cm³/mol. The molecule has 0 unspecified atom stereocenters. The first-order chi connectivity index (χ1) is 13.8. The zero-order valence-electron chi connectivity index (χ0n) is 15.7. The Kier molecular flexibility index (Phi) is 6.89. The number of benzene rings is 1. The highest BCUT2D eigenvalue weighted by Crippen LogP contribution is 2.33. The summed E-state index contributed by atoms with van der Waals surface area (Å²) in [4.78, 5) is 22.0. The number of carbonyl (C=O) groups excluding carboxylic acids is 1. The minimum absolute atomic E-state index is 0.0607. The molecule has 3 rings (SSSR count). The standard InChI is InChI=1S/C18H19ClN2O6S2/c1-11(10-25-2)27-21-16(17(22)26-18-20-9-15(19)28-18)12-3-5-13(6-4-12)29(23,24)14-7-8-14/h3-6,9,11,14H,7-8,10H2,1-2H3/t11-/m1/s1. The molecule has 1 atom stereocenters. The second-order valence-electron chi connectivity index (χ2n) is 6.40. The number of esters is 1. The topological polar surface area (TPSA) is 104 Å². The number of ether oxygens (including phenoxy) is 2. The zero-order chi connectivity index (χ0) is 21.0. The average molecular weight is 459 g/mol. The van der Waals surface area contributed by atoms with Crippen LogP contribution in [0.2, 0.25) is 4.34 Å². The molecule has 1 fully saturated rings. The molecule has 0 bridgehead atoms. The summed E-state index contributed by atoms with van der Waals surface area (Å²) in [7, 11) is -1.82. The van der Waals surface area contributed by atoms with Crippen LogP contribution in [0, 0.1) is 0 Å². The molecule has 0 aliphatic heterocycles. The van der Waals surface area contributed by atoms with Crippen LogP contribution in [0.25, 0.3) is 0 Å². The van der Waals surface area contributed by atoms with E-state index >= 15 is 0 Å². The zero-order valence-corrected chi connectivity index (χ0v) is 18.1. The van der Waals surface area contributed by atoms with Gasteiger partial charge in [0.05, 0.1) is 22.9 Å². The third-order valence-corrected chi connectivity index (χ3v) is 7.25. The first-order valence-corrected chi connectivity index (χ1v) is 11.5. The lowest BCUT2D eigenvalue weighted by molar-refractivity contribution is -0.127. The van der Waals surface area contributed by atoms with Gasteiger partial charge in [-0.2, -0.15) is 0 Å². The monoisotopic (exact) mass is 458 g/mol. The summed E-state index contributed by atoms with van der Waals surface area (Å²) in [5, 5.41) is 3.65. The number of carbonyl (C=O) groups is 1. The Bertz CT molecular complexity index is 1000. The van der Waals surface area contributed by atoms with Crippen molar-refractivity contribution in [2.75, 3.05) is 13.7 Å². The second-order valence-corrected chi connectivity index (χ2v) is 10.3. The fourth-order valence-corrected chi connectivity index (χ4v) is 4.80. The van der Waals surface area contributed by atoms with Crippen molar-refractivity contribution in [2.24, 2.45) is 5.16 Å². The highest BCUT2D eigenvalue weighted by molar-refractivity contribution is 7.92. The molecule has 2 aromatic rings. The minimum Gasteiger partial charge on any atom is -0.393 e. The van der Waals surface area contributed by atoms with Crippen LogP contribution >= 0.6 is 22.9 Å². The van der Waals surface area contributed by atoms with E-state index in [1.807, 2.05) is 0 Å². The van der Waals surface area contributed by atoms with E-state index in [0.29, 0.717) is 22.7 Å². The van der Waals surface area contributed by atoms with Gasteiger partial charge in [0, 0.05) is 12.7 Å². The maximum atomic E-state index is 12.6. The Morgan fingerprint density at radius 2 is 2.03 bits per heavy atom. The summed E-state index contributed by atoms with van der Waals surface area (Å²) in [6.07, 6.45) is 2.29. The minimum atomic E-state index is -3.33. The van der Waals surface area contributed by atoms with Crippen molar-refractivity contribution < 1.29 is 27.5 Å². The summed E-state index contributed by atoms with van der Waals surface area (Å²) in [5.74, 6) is -0.807. The van der Waals surface area contributed by atoms with Gasteiger partial charge < -0.3 is 14.3 Å². The van der Waals surface area contributed by atoms with Gasteiger partial charge in [0.25, 0.3) is 5.19 Å². The SMILES string of the molecule is COC[C@@H](C)ON=C(C(=O)Oc1ncc(Cl)s1)c1ccc(S(=O)(=O)C2CC2)cc1. The molecule has 0 N–H and O–H groups in total. The Hall–Kier alpha value is -2.01. The Morgan fingerprint density at radius 1 is 1.34 bits per heavy atom. The number of hydrogen-bond acceptors (Lipinski definition) is 9. The fourth-order valence-electron chi connectivity index (χ4n) is 2.40. The average Bonchev–Trinajstić information content (AvgIpc) is 3.46. The Morgan fingerprint density at radius 3 is 2.59 bits per heavy atom. The molecule has 1 aliphatic carbocycles. The maximum Gasteiger partial charge on any atom is 0.368 e. The first-order valence-electron chi connectivity index (χ1n) is 8.72. The van der Waals surface area contributed by atoms with Gasteiger partial charge in [-0.1, -0.05) is 40.2 Å². The van der Waals surface area contributed by atoms with Crippen molar-refractivity contribution in [3.63, 3.8) is 0 Å². The third kappa shape index (κ3) is 5.53. The summed E-state index contributed by atoms with van der Waals surface area (Å²) in [6, 6.07) is 5.89. The molecular weight excluding hydrogens is 440 g/mol. The molecule has 0 radical (unpaired) electrons. The summed E-state index contributed by atoms with van der Waals surface area (Å²) in [5.41, 5.74) is 0.215. The van der Waals surface area contributed by atoms with Crippen LogP contribution in [0.1, 0.15) is 25.3 Å². The Balaban J connectivity index is 1.85. The van der Waals surface area contributed by atoms with E-state index in [1.54, 1.807) is 6.92 Å². The van der Waals surface area contributed by atoms with E-state index in [9.17, 15) is 13.2 Å². The maximum absolute atomic E-state index is 12.6. The molecule has 29 heavy (non-hydrogen) atoms. The van der Waals surface area contributed by atoms with E-state index in [0.717, 1.165) is 11.3 Å². The lowest BCUT2D eigenvalue weighted by atomic mass is 10.1. The lowest BCUT2D eigenvalue weighted by Crippen LogP contribution is -2.23. The predicted octanol–water partition coefficient (Wildman–Crippen LogP) is 3.09. The second kappa shape index (κ2) is 9.21. The van der Waals surface area contributed by atoms with E-state index in [-0.39, 0.29) is 27.7 Å². The largest absolute Gasteiger partial charge is 0.393 e. The molecule has 1 aliphatic rings. The molecule has 1 aromatic carbocycles. The number of nitrogens with zero attached hydrogens (tertiary/aromatic N) is 2. The van der Waals surface area contributed by atoms with Crippen LogP contribution < -0.4 is 4.74 Å². The highest BCUT2D eigenvalue weighted by atomic mass is 35.5. The van der Waals surface area contributed by atoms with E-state index in [2.05, 4.69) is 10.1 Å². The van der Waals surface area contributed by atoms with E-state index < -0.39 is 21.9 Å². The van der Waals surface area contributed by atoms with Crippen molar-refractivity contribution in [1.29, 1.82) is 0 Å². The van der Waals surface area contributed by atoms with Crippen molar-refractivity contribution in [3.8, 4) is 5.19 Å². The number of methoxy groups -OCH3 is 1. The third-order valence-electron chi connectivity index (χ3n) is 3.97. The molecule has 0 spiro atoms. The van der Waals surface area contributed by atoms with Crippen molar-refractivity contribution in [2.45, 2.75) is 36.0 Å². The molecule has 1 heterocycles. The highest BCUT2D eigenvalue weighted by Gasteiger charge is 2.36. The van der Waals surface area contributed by atoms with Crippen LogP contribution in [0.5, 0.6) is 5.19 Å². The normalized spacial score (nSPS) is 15.8. The molecule has 0 saturated heterocycles. The smallest absolute Gasteiger partial charge is 0.368 e. The number of sulfone groups is 1. The fraction of sp³-hybridized carbons (Fsp3) is 0.389. The summed E-state index contributed by atoms with van der Waals surface area (Å²) >= 11 is 6.80. The van der Waals surface area contributed by atoms with Crippen molar-refractivity contribution in [3.05, 3.63) is 40.4 Å². The Labute approximate surface area is 177 Å². The van der Waals surface area contributed by atoms with Gasteiger partial charge in [0.2, 0.25) is 0 Å². The van der Waals surface area contributed by atoms with Crippen LogP contribution in [-0.4, -0.2) is 50.2 Å². The molecule has 1 saturated carbocycles. The van der Waals surface area contributed by atoms with Crippen LogP contribution in [0.4, 0.5) is 0 Å². The number of rotatable bonds is 9. The number of hydrogen-bond donors (Lipinski definition) is 0. The van der Waals surface area contributed by atoms with Gasteiger partial charge in [-0.3, -0.25) is 0 Å². The summed E-state index contributed by atoms with van der Waals surface area (Å²) < 4.78 is 35.3. The number of oxime groups is 1. The van der Waals surface area contributed by atoms with E-state index in [1.165, 1.54) is 37.6 Å². The van der Waals surface area contributed by atoms with Crippen LogP contribution in [0.3, 0.4) is 0 Å². The van der Waals surface area contributed by atoms with Gasteiger partial charge in [-0.05, 0) is 31.9 Å². The number of thiazole rings is 1. The molecule has 0 amide bonds. The molecule has 156 valence electrons. The number of halogens is 1. The molecule has 11 heteroatoms. The van der Waals surface area contributed by atoms with Gasteiger partial charge in [-0.25, -0.2) is 18.2 Å². The molecule has 8 nitrogen and oxygen atoms in total. The summed E-state index contributed by atoms with van der Waals surface area (Å²) in [6.45, 7) is 1.99.